The topological polar surface area (TPSA) is 136 Å². The molecule has 0 saturated heterocycles. The molecule has 34 heavy (non-hydrogen) atoms. The van der Waals surface area contributed by atoms with E-state index >= 15 is 0 Å². The molecule has 2 aromatic rings. The van der Waals surface area contributed by atoms with Crippen molar-refractivity contribution in [2.45, 2.75) is 51.5 Å². The van der Waals surface area contributed by atoms with E-state index in [9.17, 15) is 19.8 Å². The molecule has 4 N–H and O–H groups in total. The lowest BCUT2D eigenvalue weighted by molar-refractivity contribution is -0.135. The average molecular weight is 477 g/mol. The second-order valence-corrected chi connectivity index (χ2v) is 8.79. The molecule has 0 aliphatic carbocycles. The van der Waals surface area contributed by atoms with Gasteiger partial charge in [0, 0.05) is 44.7 Å². The summed E-state index contributed by atoms with van der Waals surface area (Å²) in [4.78, 5) is 35.1. The fourth-order valence-corrected chi connectivity index (χ4v) is 3.69. The van der Waals surface area contributed by atoms with Gasteiger partial charge < -0.3 is 35.0 Å². The van der Waals surface area contributed by atoms with Gasteiger partial charge in [-0.2, -0.15) is 0 Å². The molecule has 0 spiro atoms. The fourth-order valence-electron chi connectivity index (χ4n) is 3.69. The number of para-hydroxylation sites is 1. The van der Waals surface area contributed by atoms with Crippen molar-refractivity contribution in [3.05, 3.63) is 36.0 Å². The van der Waals surface area contributed by atoms with E-state index in [1.165, 1.54) is 18.9 Å². The number of aromatic amines is 1. The molecule has 10 heteroatoms. The SMILES string of the molecule is CO[C@H](/C(=N/OCC(=O)N[C@@H](Cc1c[nH]c2ccccc12)C(=O)N(C)C)[C@@H](O)[C@@H](C)O)C(C)C. The lowest BCUT2D eigenvalue weighted by Gasteiger charge is -2.25. The molecule has 10 nitrogen and oxygen atoms in total. The highest BCUT2D eigenvalue weighted by Crippen LogP contribution is 2.19. The van der Waals surface area contributed by atoms with Gasteiger partial charge in [0.25, 0.3) is 5.91 Å². The van der Waals surface area contributed by atoms with Crippen molar-refractivity contribution in [2.75, 3.05) is 27.8 Å². The van der Waals surface area contributed by atoms with E-state index in [4.69, 9.17) is 9.57 Å². The number of aliphatic hydroxyl groups is 2. The Labute approximate surface area is 199 Å². The largest absolute Gasteiger partial charge is 0.390 e. The third-order valence-corrected chi connectivity index (χ3v) is 5.45. The van der Waals surface area contributed by atoms with Crippen LogP contribution in [0, 0.1) is 5.92 Å². The van der Waals surface area contributed by atoms with Gasteiger partial charge in [-0.05, 0) is 24.5 Å². The number of oxime groups is 1. The van der Waals surface area contributed by atoms with Crippen LogP contribution < -0.4 is 5.32 Å². The zero-order valence-corrected chi connectivity index (χ0v) is 20.6. The number of benzene rings is 1. The molecular weight excluding hydrogens is 440 g/mol. The summed E-state index contributed by atoms with van der Waals surface area (Å²) in [6, 6.07) is 6.92. The van der Waals surface area contributed by atoms with Crippen LogP contribution in [0.1, 0.15) is 26.3 Å². The molecule has 0 bridgehead atoms. The minimum absolute atomic E-state index is 0.0622. The molecule has 0 fully saturated rings. The molecule has 0 radical (unpaired) electrons. The molecule has 0 unspecified atom stereocenters. The summed E-state index contributed by atoms with van der Waals surface area (Å²) < 4.78 is 5.38. The van der Waals surface area contributed by atoms with Crippen LogP contribution in [0.3, 0.4) is 0 Å². The Kier molecular flexibility index (Phi) is 10.0. The highest BCUT2D eigenvalue weighted by atomic mass is 16.6. The Morgan fingerprint density at radius 3 is 2.44 bits per heavy atom. The van der Waals surface area contributed by atoms with E-state index in [1.54, 1.807) is 14.1 Å². The van der Waals surface area contributed by atoms with Crippen molar-refractivity contribution >= 4 is 28.4 Å². The number of carbonyl (C=O) groups is 2. The zero-order valence-electron chi connectivity index (χ0n) is 20.6. The Bertz CT molecular complexity index is 985. The normalized spacial score (nSPS) is 15.6. The second kappa shape index (κ2) is 12.5. The molecule has 1 aromatic carbocycles. The molecule has 0 saturated carbocycles. The average Bonchev–Trinajstić information content (AvgIpc) is 3.19. The number of nitrogens with zero attached hydrogens (tertiary/aromatic N) is 2. The van der Waals surface area contributed by atoms with E-state index in [0.29, 0.717) is 6.42 Å². The molecule has 1 heterocycles. The van der Waals surface area contributed by atoms with Crippen molar-refractivity contribution in [3.63, 3.8) is 0 Å². The first-order valence-electron chi connectivity index (χ1n) is 11.2. The van der Waals surface area contributed by atoms with Crippen LogP contribution in [0.5, 0.6) is 0 Å². The Hall–Kier alpha value is -2.95. The quantitative estimate of drug-likeness (QED) is 0.267. The monoisotopic (exact) mass is 476 g/mol. The maximum atomic E-state index is 12.7. The first kappa shape index (κ1) is 27.3. The van der Waals surface area contributed by atoms with Crippen LogP contribution >= 0.6 is 0 Å². The van der Waals surface area contributed by atoms with Crippen molar-refractivity contribution in [1.29, 1.82) is 0 Å². The minimum atomic E-state index is -1.32. The second-order valence-electron chi connectivity index (χ2n) is 8.79. The molecule has 0 aliphatic rings. The van der Waals surface area contributed by atoms with Gasteiger partial charge in [0.1, 0.15) is 24.0 Å². The predicted molar refractivity (Wildman–Crippen MR) is 129 cm³/mol. The fraction of sp³-hybridized carbons (Fsp3) is 0.542. The number of nitrogens with one attached hydrogen (secondary N) is 2. The Morgan fingerprint density at radius 2 is 1.85 bits per heavy atom. The van der Waals surface area contributed by atoms with E-state index in [2.05, 4.69) is 15.5 Å². The van der Waals surface area contributed by atoms with Gasteiger partial charge in [-0.3, -0.25) is 9.59 Å². The van der Waals surface area contributed by atoms with Gasteiger partial charge in [-0.15, -0.1) is 0 Å². The van der Waals surface area contributed by atoms with E-state index in [-0.39, 0.29) is 17.5 Å². The van der Waals surface area contributed by atoms with E-state index < -0.39 is 36.9 Å². The number of ether oxygens (including phenoxy) is 1. The molecule has 2 amide bonds. The lowest BCUT2D eigenvalue weighted by atomic mass is 9.96. The number of hydrogen-bond acceptors (Lipinski definition) is 7. The number of rotatable bonds is 12. The van der Waals surface area contributed by atoms with Gasteiger partial charge in [-0.25, -0.2) is 0 Å². The van der Waals surface area contributed by atoms with Crippen molar-refractivity contribution in [1.82, 2.24) is 15.2 Å². The summed E-state index contributed by atoms with van der Waals surface area (Å²) in [5, 5.41) is 27.7. The van der Waals surface area contributed by atoms with E-state index in [0.717, 1.165) is 16.5 Å². The summed E-state index contributed by atoms with van der Waals surface area (Å²) >= 11 is 0. The number of methoxy groups -OCH3 is 1. The number of fused-ring (bicyclic) bond motifs is 1. The molecule has 188 valence electrons. The lowest BCUT2D eigenvalue weighted by Crippen LogP contribution is -2.48. The molecule has 2 rings (SSSR count). The van der Waals surface area contributed by atoms with Gasteiger partial charge in [0.15, 0.2) is 6.61 Å². The summed E-state index contributed by atoms with van der Waals surface area (Å²) in [6.45, 7) is 4.68. The molecule has 0 aliphatic heterocycles. The van der Waals surface area contributed by atoms with Crippen LogP contribution in [0.25, 0.3) is 10.9 Å². The first-order chi connectivity index (χ1) is 16.1. The highest BCUT2D eigenvalue weighted by molar-refractivity contribution is 5.93. The first-order valence-corrected chi connectivity index (χ1v) is 11.2. The third-order valence-electron chi connectivity index (χ3n) is 5.45. The predicted octanol–water partition coefficient (Wildman–Crippen LogP) is 1.07. The number of amides is 2. The number of aromatic nitrogens is 1. The van der Waals surface area contributed by atoms with Crippen LogP contribution in [0.2, 0.25) is 0 Å². The van der Waals surface area contributed by atoms with Gasteiger partial charge in [0.05, 0.1) is 6.10 Å². The third kappa shape index (κ3) is 7.02. The van der Waals surface area contributed by atoms with Crippen LogP contribution in [-0.4, -0.2) is 89.8 Å². The van der Waals surface area contributed by atoms with Gasteiger partial charge in [0.2, 0.25) is 5.91 Å². The zero-order chi connectivity index (χ0) is 25.4. The number of hydrogen-bond donors (Lipinski definition) is 4. The smallest absolute Gasteiger partial charge is 0.261 e. The minimum Gasteiger partial charge on any atom is -0.390 e. The van der Waals surface area contributed by atoms with Crippen molar-refractivity contribution in [3.8, 4) is 0 Å². The number of carbonyl (C=O) groups excluding carboxylic acids is 2. The Balaban J connectivity index is 2.13. The molecular formula is C24H36N4O6. The summed E-state index contributed by atoms with van der Waals surface area (Å²) in [5.41, 5.74) is 1.93. The maximum absolute atomic E-state index is 12.7. The van der Waals surface area contributed by atoms with Crippen LogP contribution in [-0.2, 0) is 25.6 Å². The molecule has 4 atom stereocenters. The molecule has 1 aromatic heterocycles. The van der Waals surface area contributed by atoms with Gasteiger partial charge in [-0.1, -0.05) is 37.2 Å². The summed E-state index contributed by atoms with van der Waals surface area (Å²) in [6.07, 6.45) is -0.918. The highest BCUT2D eigenvalue weighted by Gasteiger charge is 2.30. The number of aliphatic hydroxyl groups excluding tert-OH is 2. The van der Waals surface area contributed by atoms with Crippen LogP contribution in [0.4, 0.5) is 0 Å². The van der Waals surface area contributed by atoms with Crippen LogP contribution in [0.15, 0.2) is 35.6 Å². The maximum Gasteiger partial charge on any atom is 0.261 e. The van der Waals surface area contributed by atoms with E-state index in [1.807, 2.05) is 44.3 Å². The summed E-state index contributed by atoms with van der Waals surface area (Å²) in [7, 11) is 4.71. The van der Waals surface area contributed by atoms with Crippen molar-refractivity contribution < 1.29 is 29.4 Å². The van der Waals surface area contributed by atoms with Gasteiger partial charge >= 0.3 is 0 Å². The number of likely N-dealkylation sites (N-methyl/N-ethyl adjacent to an activating group) is 1. The number of H-pyrrole nitrogens is 1. The Morgan fingerprint density at radius 1 is 1.18 bits per heavy atom. The summed E-state index contributed by atoms with van der Waals surface area (Å²) in [5.74, 6) is -0.868. The van der Waals surface area contributed by atoms with Crippen molar-refractivity contribution in [2.24, 2.45) is 11.1 Å². The standard InChI is InChI=1S/C24H36N4O6/c1-14(2)23(33-6)21(22(31)15(3)29)27-34-13-20(30)26-19(24(32)28(4)5)11-16-12-25-18-10-8-7-9-17(16)18/h7-10,12,14-15,19,22-23,25,29,31H,11,13H2,1-6H3,(H,26,30)/b27-21+/t15-,19+,22+,23+/m1/s1.